The molecule has 0 unspecified atom stereocenters. The van der Waals surface area contributed by atoms with Gasteiger partial charge in [-0.3, -0.25) is 0 Å². The molecule has 0 aromatic heterocycles. The smallest absolute Gasteiger partial charge is 0.343 e. The molecule has 0 bridgehead atoms. The lowest BCUT2D eigenvalue weighted by Gasteiger charge is -2.03. The van der Waals surface area contributed by atoms with Crippen LogP contribution < -0.4 is 0 Å². The van der Waals surface area contributed by atoms with Crippen LogP contribution >= 0.6 is 0 Å². The number of ether oxygens (including phenoxy) is 1. The molecule has 1 aliphatic heterocycles. The minimum atomic E-state index is -0.601. The van der Waals surface area contributed by atoms with Crippen LogP contribution in [0.25, 0.3) is 11.8 Å². The highest BCUT2D eigenvalue weighted by atomic mass is 16.5. The van der Waals surface area contributed by atoms with Gasteiger partial charge in [0.2, 0.25) is 0 Å². The molecule has 116 valence electrons. The summed E-state index contributed by atoms with van der Waals surface area (Å²) in [5, 5.41) is 37.7. The molecule has 6 heteroatoms. The number of hydrogen-bond donors (Lipinski definition) is 4. The van der Waals surface area contributed by atoms with Crippen molar-refractivity contribution < 1.29 is 30.0 Å². The zero-order valence-electron chi connectivity index (χ0n) is 11.7. The van der Waals surface area contributed by atoms with Gasteiger partial charge in [0, 0.05) is 11.6 Å². The van der Waals surface area contributed by atoms with Gasteiger partial charge in [0.25, 0.3) is 0 Å². The first-order chi connectivity index (χ1) is 10.9. The SMILES string of the molecule is O=C1OC(c2ccc(O)c(O)c2)=C/C1=C/c1cc(O)cc(O)c1. The van der Waals surface area contributed by atoms with Crippen LogP contribution in [0.15, 0.2) is 48.0 Å². The van der Waals surface area contributed by atoms with Gasteiger partial charge in [0.05, 0.1) is 5.57 Å². The molecule has 0 spiro atoms. The predicted molar refractivity (Wildman–Crippen MR) is 81.6 cm³/mol. The maximum absolute atomic E-state index is 11.9. The summed E-state index contributed by atoms with van der Waals surface area (Å²) in [6.45, 7) is 0. The highest BCUT2D eigenvalue weighted by Gasteiger charge is 2.22. The molecule has 6 nitrogen and oxygen atoms in total. The van der Waals surface area contributed by atoms with Gasteiger partial charge in [-0.25, -0.2) is 4.79 Å². The number of carbonyl (C=O) groups is 1. The van der Waals surface area contributed by atoms with E-state index >= 15 is 0 Å². The first-order valence-electron chi connectivity index (χ1n) is 6.63. The molecular formula is C17H12O6. The summed E-state index contributed by atoms with van der Waals surface area (Å²) in [7, 11) is 0. The Labute approximate surface area is 130 Å². The highest BCUT2D eigenvalue weighted by molar-refractivity contribution is 6.05. The Morgan fingerprint density at radius 2 is 1.57 bits per heavy atom. The van der Waals surface area contributed by atoms with Crippen molar-refractivity contribution in [2.45, 2.75) is 0 Å². The van der Waals surface area contributed by atoms with E-state index < -0.39 is 5.97 Å². The molecule has 2 aromatic rings. The van der Waals surface area contributed by atoms with Crippen molar-refractivity contribution in [1.82, 2.24) is 0 Å². The number of rotatable bonds is 2. The Balaban J connectivity index is 1.97. The number of benzene rings is 2. The van der Waals surface area contributed by atoms with E-state index in [0.29, 0.717) is 11.1 Å². The molecule has 0 radical (unpaired) electrons. The van der Waals surface area contributed by atoms with Crippen molar-refractivity contribution in [3.8, 4) is 23.0 Å². The van der Waals surface area contributed by atoms with E-state index in [4.69, 9.17) is 4.74 Å². The van der Waals surface area contributed by atoms with Gasteiger partial charge in [-0.2, -0.15) is 0 Å². The van der Waals surface area contributed by atoms with E-state index in [9.17, 15) is 25.2 Å². The van der Waals surface area contributed by atoms with Gasteiger partial charge < -0.3 is 25.2 Å². The molecule has 1 heterocycles. The van der Waals surface area contributed by atoms with Crippen LogP contribution in [0.4, 0.5) is 0 Å². The first kappa shape index (κ1) is 14.5. The van der Waals surface area contributed by atoms with Crippen LogP contribution in [0, 0.1) is 0 Å². The normalized spacial score (nSPS) is 15.6. The topological polar surface area (TPSA) is 107 Å². The molecule has 0 aliphatic carbocycles. The Bertz CT molecular complexity index is 843. The summed E-state index contributed by atoms with van der Waals surface area (Å²) in [6.07, 6.45) is 2.92. The van der Waals surface area contributed by atoms with Crippen LogP contribution in [0.5, 0.6) is 23.0 Å². The summed E-state index contributed by atoms with van der Waals surface area (Å²) in [5.41, 5.74) is 1.08. The van der Waals surface area contributed by atoms with Crippen molar-refractivity contribution in [3.63, 3.8) is 0 Å². The van der Waals surface area contributed by atoms with Gasteiger partial charge in [-0.05, 0) is 48.0 Å². The molecule has 0 amide bonds. The van der Waals surface area contributed by atoms with E-state index in [1.54, 1.807) is 0 Å². The number of phenolic OH excluding ortho intramolecular Hbond substituents is 4. The molecule has 0 saturated carbocycles. The van der Waals surface area contributed by atoms with Crippen molar-refractivity contribution >= 4 is 17.8 Å². The number of carbonyl (C=O) groups excluding carboxylic acids is 1. The molecule has 0 atom stereocenters. The summed E-state index contributed by atoms with van der Waals surface area (Å²) in [4.78, 5) is 11.9. The Morgan fingerprint density at radius 3 is 2.22 bits per heavy atom. The predicted octanol–water partition coefficient (Wildman–Crippen LogP) is 2.49. The Kier molecular flexibility index (Phi) is 3.42. The van der Waals surface area contributed by atoms with Gasteiger partial charge in [-0.15, -0.1) is 0 Å². The zero-order chi connectivity index (χ0) is 16.6. The fraction of sp³-hybridized carbons (Fsp3) is 0. The second kappa shape index (κ2) is 5.42. The third-order valence-corrected chi connectivity index (χ3v) is 3.23. The summed E-state index contributed by atoms with van der Waals surface area (Å²) >= 11 is 0. The average Bonchev–Trinajstić information content (AvgIpc) is 2.82. The molecule has 2 aromatic carbocycles. The van der Waals surface area contributed by atoms with Crippen molar-refractivity contribution in [3.05, 3.63) is 59.2 Å². The highest BCUT2D eigenvalue weighted by Crippen LogP contribution is 2.33. The third kappa shape index (κ3) is 2.96. The Hall–Kier alpha value is -3.41. The van der Waals surface area contributed by atoms with E-state index in [-0.39, 0.29) is 34.3 Å². The van der Waals surface area contributed by atoms with E-state index in [1.165, 1.54) is 48.6 Å². The van der Waals surface area contributed by atoms with Gasteiger partial charge in [0.1, 0.15) is 17.3 Å². The second-order valence-corrected chi connectivity index (χ2v) is 4.98. The van der Waals surface area contributed by atoms with Crippen LogP contribution in [0.1, 0.15) is 11.1 Å². The fourth-order valence-electron chi connectivity index (χ4n) is 2.19. The van der Waals surface area contributed by atoms with Crippen molar-refractivity contribution in [1.29, 1.82) is 0 Å². The average molecular weight is 312 g/mol. The number of cyclic esters (lactones) is 1. The largest absolute Gasteiger partial charge is 0.508 e. The lowest BCUT2D eigenvalue weighted by molar-refractivity contribution is -0.130. The van der Waals surface area contributed by atoms with Crippen LogP contribution in [-0.4, -0.2) is 26.4 Å². The minimum absolute atomic E-state index is 0.129. The van der Waals surface area contributed by atoms with Crippen molar-refractivity contribution in [2.24, 2.45) is 0 Å². The number of hydrogen-bond acceptors (Lipinski definition) is 6. The van der Waals surface area contributed by atoms with Crippen LogP contribution in [0.2, 0.25) is 0 Å². The standard InChI is InChI=1S/C17H12O6/c18-12-4-9(5-13(19)8-12)3-11-7-16(23-17(11)22)10-1-2-14(20)15(21)6-10/h1-8,18-21H/b11-3-. The number of aromatic hydroxyl groups is 4. The lowest BCUT2D eigenvalue weighted by Crippen LogP contribution is -1.97. The maximum atomic E-state index is 11.9. The van der Waals surface area contributed by atoms with Crippen LogP contribution in [-0.2, 0) is 9.53 Å². The van der Waals surface area contributed by atoms with Gasteiger partial charge in [-0.1, -0.05) is 0 Å². The molecule has 1 aliphatic rings. The number of esters is 1. The molecular weight excluding hydrogens is 300 g/mol. The summed E-state index contributed by atoms with van der Waals surface area (Å²) in [6, 6.07) is 8.01. The molecule has 23 heavy (non-hydrogen) atoms. The lowest BCUT2D eigenvalue weighted by atomic mass is 10.1. The van der Waals surface area contributed by atoms with E-state index in [0.717, 1.165) is 0 Å². The molecule has 0 saturated heterocycles. The fourth-order valence-corrected chi connectivity index (χ4v) is 2.19. The van der Waals surface area contributed by atoms with Gasteiger partial charge >= 0.3 is 5.97 Å². The third-order valence-electron chi connectivity index (χ3n) is 3.23. The van der Waals surface area contributed by atoms with Gasteiger partial charge in [0.15, 0.2) is 11.5 Å². The first-order valence-corrected chi connectivity index (χ1v) is 6.63. The van der Waals surface area contributed by atoms with E-state index in [2.05, 4.69) is 0 Å². The summed E-state index contributed by atoms with van der Waals surface area (Å²) in [5.74, 6) is -1.23. The monoisotopic (exact) mass is 312 g/mol. The number of phenols is 4. The Morgan fingerprint density at radius 1 is 0.870 bits per heavy atom. The van der Waals surface area contributed by atoms with E-state index in [1.807, 2.05) is 0 Å². The van der Waals surface area contributed by atoms with Crippen molar-refractivity contribution in [2.75, 3.05) is 0 Å². The molecule has 0 fully saturated rings. The molecule has 4 N–H and O–H groups in total. The minimum Gasteiger partial charge on any atom is -0.508 e. The zero-order valence-corrected chi connectivity index (χ0v) is 11.7. The van der Waals surface area contributed by atoms with Crippen LogP contribution in [0.3, 0.4) is 0 Å². The second-order valence-electron chi connectivity index (χ2n) is 4.98. The maximum Gasteiger partial charge on any atom is 0.343 e. The molecule has 3 rings (SSSR count). The quantitative estimate of drug-likeness (QED) is 0.385. The summed E-state index contributed by atoms with van der Waals surface area (Å²) < 4.78 is 5.12.